The van der Waals surface area contributed by atoms with Gasteiger partial charge in [-0.1, -0.05) is 13.8 Å². The first-order valence-corrected chi connectivity index (χ1v) is 4.99. The summed E-state index contributed by atoms with van der Waals surface area (Å²) in [6.45, 7) is 8.50. The molecule has 0 radical (unpaired) electrons. The lowest BCUT2D eigenvalue weighted by molar-refractivity contribution is 0.558. The van der Waals surface area contributed by atoms with Crippen molar-refractivity contribution in [3.8, 4) is 0 Å². The fourth-order valence-electron chi connectivity index (χ4n) is 1.05. The fourth-order valence-corrected chi connectivity index (χ4v) is 1.05. The van der Waals surface area contributed by atoms with Crippen LogP contribution in [0.4, 0.5) is 11.5 Å². The van der Waals surface area contributed by atoms with Crippen molar-refractivity contribution in [2.24, 2.45) is 5.92 Å². The van der Waals surface area contributed by atoms with Crippen molar-refractivity contribution in [3.05, 3.63) is 17.8 Å². The van der Waals surface area contributed by atoms with E-state index in [1.807, 2.05) is 13.0 Å². The van der Waals surface area contributed by atoms with Gasteiger partial charge in [0.15, 0.2) is 0 Å². The van der Waals surface area contributed by atoms with E-state index in [9.17, 15) is 0 Å². The molecule has 0 spiro atoms. The van der Waals surface area contributed by atoms with E-state index < -0.39 is 0 Å². The first kappa shape index (κ1) is 10.8. The minimum absolute atomic E-state index is 0.422. The van der Waals surface area contributed by atoms with Crippen LogP contribution in [0, 0.1) is 12.8 Å². The Kier molecular flexibility index (Phi) is 3.33. The van der Waals surface area contributed by atoms with Gasteiger partial charge >= 0.3 is 0 Å². The molecule has 0 aromatic carbocycles. The van der Waals surface area contributed by atoms with Crippen molar-refractivity contribution in [2.45, 2.75) is 33.7 Å². The molecule has 0 aliphatic carbocycles. The highest BCUT2D eigenvalue weighted by Crippen LogP contribution is 2.15. The molecule has 0 amide bonds. The Morgan fingerprint density at radius 1 is 1.36 bits per heavy atom. The number of nitrogens with one attached hydrogen (secondary N) is 1. The van der Waals surface area contributed by atoms with Gasteiger partial charge in [0.25, 0.3) is 0 Å². The highest BCUT2D eigenvalue weighted by atomic mass is 15.0. The summed E-state index contributed by atoms with van der Waals surface area (Å²) in [6, 6.07) is 2.40. The van der Waals surface area contributed by atoms with Gasteiger partial charge < -0.3 is 11.1 Å². The van der Waals surface area contributed by atoms with Crippen molar-refractivity contribution in [1.29, 1.82) is 0 Å². The smallest absolute Gasteiger partial charge is 0.126 e. The molecule has 1 unspecified atom stereocenters. The third kappa shape index (κ3) is 2.62. The van der Waals surface area contributed by atoms with Crippen LogP contribution >= 0.6 is 0 Å². The molecule has 1 atom stereocenters. The maximum Gasteiger partial charge on any atom is 0.126 e. The lowest BCUT2D eigenvalue weighted by atomic mass is 10.1. The zero-order valence-electron chi connectivity index (χ0n) is 9.33. The Bertz CT molecular complexity index is 307. The van der Waals surface area contributed by atoms with Gasteiger partial charge in [-0.05, 0) is 31.4 Å². The number of hydrogen-bond acceptors (Lipinski definition) is 3. The summed E-state index contributed by atoms with van der Waals surface area (Å²) in [6.07, 6.45) is 1.70. The number of anilines is 2. The molecular weight excluding hydrogens is 174 g/mol. The zero-order chi connectivity index (χ0) is 10.7. The van der Waals surface area contributed by atoms with Crippen molar-refractivity contribution in [3.63, 3.8) is 0 Å². The number of nitrogen functional groups attached to an aromatic ring is 1. The lowest BCUT2D eigenvalue weighted by Crippen LogP contribution is -2.22. The summed E-state index contributed by atoms with van der Waals surface area (Å²) in [5.41, 5.74) is 7.50. The van der Waals surface area contributed by atoms with E-state index in [1.165, 1.54) is 0 Å². The van der Waals surface area contributed by atoms with E-state index in [0.29, 0.717) is 12.0 Å². The van der Waals surface area contributed by atoms with Crippen LogP contribution in [0.2, 0.25) is 0 Å². The van der Waals surface area contributed by atoms with Gasteiger partial charge in [-0.15, -0.1) is 0 Å². The van der Waals surface area contributed by atoms with Crippen LogP contribution in [0.5, 0.6) is 0 Å². The second-order valence-corrected chi connectivity index (χ2v) is 4.10. The largest absolute Gasteiger partial charge is 0.397 e. The van der Waals surface area contributed by atoms with Crippen molar-refractivity contribution in [1.82, 2.24) is 4.98 Å². The predicted molar refractivity (Wildman–Crippen MR) is 61.3 cm³/mol. The Balaban J connectivity index is 2.73. The molecule has 78 valence electrons. The van der Waals surface area contributed by atoms with Crippen LogP contribution in [0.25, 0.3) is 0 Å². The van der Waals surface area contributed by atoms with E-state index in [4.69, 9.17) is 5.73 Å². The van der Waals surface area contributed by atoms with Gasteiger partial charge in [-0.3, -0.25) is 0 Å². The number of pyridine rings is 1. The van der Waals surface area contributed by atoms with E-state index in [2.05, 4.69) is 31.1 Å². The number of nitrogens with zero attached hydrogens (tertiary/aromatic N) is 1. The van der Waals surface area contributed by atoms with E-state index in [1.54, 1.807) is 6.20 Å². The van der Waals surface area contributed by atoms with Gasteiger partial charge in [0, 0.05) is 6.04 Å². The van der Waals surface area contributed by atoms with Crippen LogP contribution in [0.3, 0.4) is 0 Å². The molecule has 1 aromatic heterocycles. The van der Waals surface area contributed by atoms with E-state index in [0.717, 1.165) is 17.1 Å². The van der Waals surface area contributed by atoms with Gasteiger partial charge in [0.05, 0.1) is 11.9 Å². The number of aromatic nitrogens is 1. The van der Waals surface area contributed by atoms with Crippen LogP contribution in [0.1, 0.15) is 26.3 Å². The molecule has 0 saturated heterocycles. The molecule has 3 heteroatoms. The van der Waals surface area contributed by atoms with Gasteiger partial charge in [0.2, 0.25) is 0 Å². The molecular formula is C11H19N3. The molecule has 1 rings (SSSR count). The Morgan fingerprint density at radius 2 is 2.00 bits per heavy atom. The number of rotatable bonds is 3. The molecule has 0 bridgehead atoms. The van der Waals surface area contributed by atoms with Gasteiger partial charge in [-0.2, -0.15) is 0 Å². The highest BCUT2D eigenvalue weighted by Gasteiger charge is 2.07. The van der Waals surface area contributed by atoms with E-state index >= 15 is 0 Å². The number of nitrogens with two attached hydrogens (primary N) is 1. The predicted octanol–water partition coefficient (Wildman–Crippen LogP) is 2.43. The van der Waals surface area contributed by atoms with Crippen LogP contribution < -0.4 is 11.1 Å². The molecule has 3 N–H and O–H groups in total. The third-order valence-electron chi connectivity index (χ3n) is 2.53. The second-order valence-electron chi connectivity index (χ2n) is 4.10. The molecule has 0 aliphatic rings. The zero-order valence-corrected chi connectivity index (χ0v) is 9.33. The van der Waals surface area contributed by atoms with Gasteiger partial charge in [-0.25, -0.2) is 4.98 Å². The molecule has 1 heterocycles. The Labute approximate surface area is 85.7 Å². The Morgan fingerprint density at radius 3 is 2.50 bits per heavy atom. The summed E-state index contributed by atoms with van der Waals surface area (Å²) in [5.74, 6) is 1.49. The molecule has 14 heavy (non-hydrogen) atoms. The fraction of sp³-hybridized carbons (Fsp3) is 0.545. The average molecular weight is 193 g/mol. The normalized spacial score (nSPS) is 12.9. The minimum atomic E-state index is 0.422. The van der Waals surface area contributed by atoms with Crippen molar-refractivity contribution < 1.29 is 0 Å². The summed E-state index contributed by atoms with van der Waals surface area (Å²) < 4.78 is 0. The van der Waals surface area contributed by atoms with Crippen molar-refractivity contribution in [2.75, 3.05) is 11.1 Å². The average Bonchev–Trinajstić information content (AvgIpc) is 2.11. The monoisotopic (exact) mass is 193 g/mol. The molecule has 0 saturated carbocycles. The van der Waals surface area contributed by atoms with Gasteiger partial charge in [0.1, 0.15) is 5.82 Å². The van der Waals surface area contributed by atoms with Crippen molar-refractivity contribution >= 4 is 11.5 Å². The topological polar surface area (TPSA) is 50.9 Å². The highest BCUT2D eigenvalue weighted by molar-refractivity contribution is 5.51. The lowest BCUT2D eigenvalue weighted by Gasteiger charge is -2.18. The summed E-state index contributed by atoms with van der Waals surface area (Å²) in [5, 5.41) is 3.34. The standard InChI is InChI=1S/C11H19N3/c1-7(2)9(4)14-11-5-8(3)10(12)6-13-11/h5-7,9H,12H2,1-4H3,(H,13,14). The number of aryl methyl sites for hydroxylation is 1. The molecule has 3 nitrogen and oxygen atoms in total. The third-order valence-corrected chi connectivity index (χ3v) is 2.53. The first-order chi connectivity index (χ1) is 6.50. The maximum absolute atomic E-state index is 5.69. The first-order valence-electron chi connectivity index (χ1n) is 4.99. The minimum Gasteiger partial charge on any atom is -0.397 e. The Hall–Kier alpha value is -1.25. The van der Waals surface area contributed by atoms with Crippen LogP contribution in [-0.4, -0.2) is 11.0 Å². The number of hydrogen-bond donors (Lipinski definition) is 2. The quantitative estimate of drug-likeness (QED) is 0.775. The summed E-state index contributed by atoms with van der Waals surface area (Å²) >= 11 is 0. The molecule has 1 aromatic rings. The second kappa shape index (κ2) is 4.31. The SMILES string of the molecule is Cc1cc(NC(C)C(C)C)ncc1N. The van der Waals surface area contributed by atoms with Crippen LogP contribution in [0.15, 0.2) is 12.3 Å². The van der Waals surface area contributed by atoms with Crippen LogP contribution in [-0.2, 0) is 0 Å². The molecule has 0 aliphatic heterocycles. The summed E-state index contributed by atoms with van der Waals surface area (Å²) in [4.78, 5) is 4.23. The summed E-state index contributed by atoms with van der Waals surface area (Å²) in [7, 11) is 0. The molecule has 0 fully saturated rings. The maximum atomic E-state index is 5.69. The van der Waals surface area contributed by atoms with E-state index in [-0.39, 0.29) is 0 Å².